The second-order valence-corrected chi connectivity index (χ2v) is 9.23. The summed E-state index contributed by atoms with van der Waals surface area (Å²) in [5.41, 5.74) is 3.80. The van der Waals surface area contributed by atoms with Crippen LogP contribution in [-0.2, 0) is 9.53 Å². The summed E-state index contributed by atoms with van der Waals surface area (Å²) in [6, 6.07) is 11.3. The summed E-state index contributed by atoms with van der Waals surface area (Å²) >= 11 is 5.02. The van der Waals surface area contributed by atoms with Gasteiger partial charge in [-0.2, -0.15) is 0 Å². The van der Waals surface area contributed by atoms with Crippen molar-refractivity contribution in [3.05, 3.63) is 68.7 Å². The quantitative estimate of drug-likeness (QED) is 0.409. The molecule has 0 N–H and O–H groups in total. The van der Waals surface area contributed by atoms with Crippen molar-refractivity contribution in [1.29, 1.82) is 0 Å². The van der Waals surface area contributed by atoms with Crippen LogP contribution in [0.3, 0.4) is 0 Å². The van der Waals surface area contributed by atoms with Crippen LogP contribution in [0.5, 0.6) is 17.2 Å². The summed E-state index contributed by atoms with van der Waals surface area (Å²) in [6.45, 7) is 3.89. The molecule has 0 bridgehead atoms. The number of allylic oxidation sites excluding steroid dienone is 1. The van der Waals surface area contributed by atoms with Crippen molar-refractivity contribution in [3.63, 3.8) is 0 Å². The SMILES string of the molecule is CCOC(=O)C1=C(C)N=C2SC=C(c3ccc(Br)cc3)N2[C@@H]1c1cc(OC)c(OC)c(OC)c1. The van der Waals surface area contributed by atoms with E-state index in [9.17, 15) is 4.79 Å². The molecule has 2 heterocycles. The Hall–Kier alpha value is -2.91. The highest BCUT2D eigenvalue weighted by molar-refractivity contribution is 9.10. The molecule has 0 aromatic heterocycles. The molecule has 9 heteroatoms. The normalized spacial score (nSPS) is 17.1. The number of amidine groups is 1. The second-order valence-electron chi connectivity index (χ2n) is 7.47. The van der Waals surface area contributed by atoms with Crippen molar-refractivity contribution in [2.45, 2.75) is 19.9 Å². The van der Waals surface area contributed by atoms with E-state index >= 15 is 0 Å². The third-order valence-electron chi connectivity index (χ3n) is 5.56. The Balaban J connectivity index is 1.93. The van der Waals surface area contributed by atoms with Crippen molar-refractivity contribution >= 4 is 44.5 Å². The monoisotopic (exact) mass is 544 g/mol. The third-order valence-corrected chi connectivity index (χ3v) is 6.93. The van der Waals surface area contributed by atoms with Crippen LogP contribution in [0.25, 0.3) is 5.70 Å². The summed E-state index contributed by atoms with van der Waals surface area (Å²) in [5, 5.41) is 2.83. The molecular weight excluding hydrogens is 520 g/mol. The number of fused-ring (bicyclic) bond motifs is 1. The van der Waals surface area contributed by atoms with Crippen molar-refractivity contribution in [1.82, 2.24) is 4.90 Å². The summed E-state index contributed by atoms with van der Waals surface area (Å²) in [6.07, 6.45) is 0. The van der Waals surface area contributed by atoms with Gasteiger partial charge in [-0.05, 0) is 49.2 Å². The summed E-state index contributed by atoms with van der Waals surface area (Å²) in [7, 11) is 4.70. The minimum atomic E-state index is -0.509. The molecule has 1 atom stereocenters. The van der Waals surface area contributed by atoms with Crippen LogP contribution in [0.15, 0.2) is 62.5 Å². The molecule has 0 aliphatic carbocycles. The number of thioether (sulfide) groups is 1. The molecule has 2 aliphatic rings. The number of carbonyl (C=O) groups is 1. The minimum Gasteiger partial charge on any atom is -0.493 e. The molecule has 0 spiro atoms. The largest absolute Gasteiger partial charge is 0.493 e. The predicted octanol–water partition coefficient (Wildman–Crippen LogP) is 5.77. The number of aliphatic imine (C=N–C) groups is 1. The molecule has 2 aliphatic heterocycles. The van der Waals surface area contributed by atoms with Gasteiger partial charge in [-0.1, -0.05) is 39.8 Å². The molecule has 0 fully saturated rings. The number of methoxy groups -OCH3 is 3. The van der Waals surface area contributed by atoms with Gasteiger partial charge in [0.05, 0.1) is 50.9 Å². The van der Waals surface area contributed by atoms with E-state index in [0.717, 1.165) is 26.5 Å². The van der Waals surface area contributed by atoms with E-state index in [1.54, 1.807) is 28.3 Å². The number of rotatable bonds is 7. The Bertz CT molecular complexity index is 1180. The first-order valence-electron chi connectivity index (χ1n) is 10.6. The van der Waals surface area contributed by atoms with Gasteiger partial charge in [0.1, 0.15) is 0 Å². The summed E-state index contributed by atoms with van der Waals surface area (Å²) < 4.78 is 23.2. The Morgan fingerprint density at radius 3 is 2.29 bits per heavy atom. The zero-order chi connectivity index (χ0) is 24.4. The minimum absolute atomic E-state index is 0.262. The molecule has 4 rings (SSSR count). The fraction of sp³-hybridized carbons (Fsp3) is 0.280. The lowest BCUT2D eigenvalue weighted by Gasteiger charge is -2.36. The lowest BCUT2D eigenvalue weighted by Crippen LogP contribution is -2.36. The maximum Gasteiger partial charge on any atom is 0.338 e. The van der Waals surface area contributed by atoms with Gasteiger partial charge < -0.3 is 23.8 Å². The smallest absolute Gasteiger partial charge is 0.338 e. The van der Waals surface area contributed by atoms with E-state index in [1.165, 1.54) is 11.8 Å². The van der Waals surface area contributed by atoms with Crippen LogP contribution in [0.2, 0.25) is 0 Å². The molecule has 0 unspecified atom stereocenters. The molecule has 0 saturated heterocycles. The van der Waals surface area contributed by atoms with Crippen molar-refractivity contribution < 1.29 is 23.7 Å². The highest BCUT2D eigenvalue weighted by Crippen LogP contribution is 2.49. The molecule has 2 aromatic carbocycles. The lowest BCUT2D eigenvalue weighted by atomic mass is 9.92. The van der Waals surface area contributed by atoms with Crippen molar-refractivity contribution in [3.8, 4) is 17.2 Å². The van der Waals surface area contributed by atoms with Crippen molar-refractivity contribution in [2.75, 3.05) is 27.9 Å². The number of esters is 1. The Morgan fingerprint density at radius 2 is 1.74 bits per heavy atom. The van der Waals surface area contributed by atoms with E-state index in [4.69, 9.17) is 23.9 Å². The van der Waals surface area contributed by atoms with E-state index in [0.29, 0.717) is 28.5 Å². The summed E-state index contributed by atoms with van der Waals surface area (Å²) in [4.78, 5) is 20.0. The average molecular weight is 545 g/mol. The topological polar surface area (TPSA) is 69.6 Å². The van der Waals surface area contributed by atoms with Crippen LogP contribution >= 0.6 is 27.7 Å². The van der Waals surface area contributed by atoms with Crippen LogP contribution in [-0.4, -0.2) is 44.0 Å². The van der Waals surface area contributed by atoms with Gasteiger partial charge >= 0.3 is 5.97 Å². The number of halogens is 1. The molecule has 34 heavy (non-hydrogen) atoms. The highest BCUT2D eigenvalue weighted by Gasteiger charge is 2.41. The zero-order valence-corrected chi connectivity index (χ0v) is 22.0. The number of hydrogen-bond acceptors (Lipinski definition) is 8. The molecule has 0 saturated carbocycles. The van der Waals surface area contributed by atoms with Crippen LogP contribution < -0.4 is 14.2 Å². The first-order chi connectivity index (χ1) is 16.4. The molecule has 178 valence electrons. The Morgan fingerprint density at radius 1 is 1.09 bits per heavy atom. The van der Waals surface area contributed by atoms with Gasteiger partial charge in [0.15, 0.2) is 16.7 Å². The molecule has 7 nitrogen and oxygen atoms in total. The van der Waals surface area contributed by atoms with Crippen LogP contribution in [0.4, 0.5) is 0 Å². The second kappa shape index (κ2) is 10.1. The number of nitrogens with zero attached hydrogens (tertiary/aromatic N) is 2. The molecule has 0 amide bonds. The lowest BCUT2D eigenvalue weighted by molar-refractivity contribution is -0.139. The van der Waals surface area contributed by atoms with Crippen LogP contribution in [0.1, 0.15) is 31.0 Å². The summed E-state index contributed by atoms with van der Waals surface area (Å²) in [5.74, 6) is 1.08. The maximum atomic E-state index is 13.2. The van der Waals surface area contributed by atoms with Gasteiger partial charge in [-0.3, -0.25) is 0 Å². The molecule has 2 aromatic rings. The fourth-order valence-corrected chi connectivity index (χ4v) is 5.29. The third kappa shape index (κ3) is 4.30. The van der Waals surface area contributed by atoms with Gasteiger partial charge in [0.2, 0.25) is 5.75 Å². The van der Waals surface area contributed by atoms with Crippen LogP contribution in [0, 0.1) is 0 Å². The van der Waals surface area contributed by atoms with Crippen molar-refractivity contribution in [2.24, 2.45) is 4.99 Å². The van der Waals surface area contributed by atoms with Gasteiger partial charge in [0.25, 0.3) is 0 Å². The van der Waals surface area contributed by atoms with E-state index < -0.39 is 12.0 Å². The first kappa shape index (κ1) is 24.2. The average Bonchev–Trinajstić information content (AvgIpc) is 3.26. The standard InChI is InChI=1S/C25H25BrN2O5S/c1-6-33-24(29)21-14(2)27-25-28(18(13-34-25)15-7-9-17(26)10-8-15)22(21)16-11-19(30-3)23(32-5)20(12-16)31-4/h7-13,22H,6H2,1-5H3/t22-/m1/s1. The Kier molecular flexibility index (Phi) is 7.23. The highest BCUT2D eigenvalue weighted by atomic mass is 79.9. The van der Waals surface area contributed by atoms with E-state index in [2.05, 4.69) is 26.2 Å². The van der Waals surface area contributed by atoms with Gasteiger partial charge in [0, 0.05) is 9.88 Å². The number of hydrogen-bond donors (Lipinski definition) is 0. The van der Waals surface area contributed by atoms with Gasteiger partial charge in [-0.25, -0.2) is 9.79 Å². The Labute approximate surface area is 211 Å². The zero-order valence-electron chi connectivity index (χ0n) is 19.5. The van der Waals surface area contributed by atoms with Gasteiger partial charge in [-0.15, -0.1) is 0 Å². The van der Waals surface area contributed by atoms with E-state index in [-0.39, 0.29) is 6.61 Å². The number of carbonyl (C=O) groups excluding carboxylic acids is 1. The fourth-order valence-electron chi connectivity index (χ4n) is 4.06. The van der Waals surface area contributed by atoms with E-state index in [1.807, 2.05) is 43.3 Å². The molecular formula is C25H25BrN2O5S. The number of benzene rings is 2. The first-order valence-corrected chi connectivity index (χ1v) is 12.3. The molecule has 0 radical (unpaired) electrons. The predicted molar refractivity (Wildman–Crippen MR) is 137 cm³/mol. The number of ether oxygens (including phenoxy) is 4. The maximum absolute atomic E-state index is 13.2.